The van der Waals surface area contributed by atoms with Crippen LogP contribution in [-0.2, 0) is 13.6 Å². The van der Waals surface area contributed by atoms with Crippen LogP contribution in [0.15, 0.2) is 49.3 Å². The first-order valence-corrected chi connectivity index (χ1v) is 6.88. The van der Waals surface area contributed by atoms with Gasteiger partial charge in [0.15, 0.2) is 0 Å². The zero-order valence-corrected chi connectivity index (χ0v) is 12.1. The first-order chi connectivity index (χ1) is 10.2. The number of aromatic nitrogens is 5. The Bertz CT molecular complexity index is 683. The molecule has 3 aromatic rings. The van der Waals surface area contributed by atoms with Crippen LogP contribution < -0.4 is 5.32 Å². The topological polar surface area (TPSA) is 60.6 Å². The molecule has 1 aromatic carbocycles. The van der Waals surface area contributed by atoms with Gasteiger partial charge >= 0.3 is 0 Å². The molecule has 0 aliphatic rings. The van der Waals surface area contributed by atoms with Gasteiger partial charge in [0.2, 0.25) is 0 Å². The second kappa shape index (κ2) is 5.88. The van der Waals surface area contributed by atoms with Gasteiger partial charge in [-0.1, -0.05) is 12.1 Å². The lowest BCUT2D eigenvalue weighted by Crippen LogP contribution is -2.17. The number of nitrogens with zero attached hydrogens (tertiary/aromatic N) is 5. The smallest absolute Gasteiger partial charge is 0.138 e. The minimum absolute atomic E-state index is 0.273. The first kappa shape index (κ1) is 13.5. The fourth-order valence-electron chi connectivity index (χ4n) is 2.21. The summed E-state index contributed by atoms with van der Waals surface area (Å²) in [5, 5.41) is 11.8. The van der Waals surface area contributed by atoms with E-state index in [1.165, 1.54) is 17.5 Å². The Kier molecular flexibility index (Phi) is 3.79. The van der Waals surface area contributed by atoms with Crippen LogP contribution in [0.3, 0.4) is 0 Å². The Morgan fingerprint density at radius 3 is 2.62 bits per heavy atom. The molecule has 2 heterocycles. The average molecular weight is 282 g/mol. The van der Waals surface area contributed by atoms with Crippen LogP contribution in [0.2, 0.25) is 0 Å². The maximum Gasteiger partial charge on any atom is 0.138 e. The number of nitrogens with one attached hydrogen (secondary N) is 1. The van der Waals surface area contributed by atoms with Crippen molar-refractivity contribution in [1.29, 1.82) is 0 Å². The fraction of sp³-hybridized carbons (Fsp3) is 0.267. The monoisotopic (exact) mass is 282 g/mol. The van der Waals surface area contributed by atoms with Crippen molar-refractivity contribution in [1.82, 2.24) is 29.9 Å². The lowest BCUT2D eigenvalue weighted by Gasteiger charge is -2.14. The maximum absolute atomic E-state index is 4.17. The lowest BCUT2D eigenvalue weighted by molar-refractivity contribution is 0.574. The highest BCUT2D eigenvalue weighted by Gasteiger charge is 2.06. The predicted octanol–water partition coefficient (Wildman–Crippen LogP) is 1.85. The summed E-state index contributed by atoms with van der Waals surface area (Å²) in [6, 6.07) is 8.59. The molecule has 0 unspecified atom stereocenters. The molecule has 0 saturated carbocycles. The van der Waals surface area contributed by atoms with E-state index < -0.39 is 0 Å². The van der Waals surface area contributed by atoms with E-state index in [1.54, 1.807) is 11.0 Å². The highest BCUT2D eigenvalue weighted by atomic mass is 15.3. The van der Waals surface area contributed by atoms with E-state index in [0.29, 0.717) is 0 Å². The highest BCUT2D eigenvalue weighted by Crippen LogP contribution is 2.15. The number of rotatable bonds is 5. The molecular weight excluding hydrogens is 264 g/mol. The molecule has 0 fully saturated rings. The molecule has 6 nitrogen and oxygen atoms in total. The van der Waals surface area contributed by atoms with Crippen molar-refractivity contribution in [2.75, 3.05) is 0 Å². The summed E-state index contributed by atoms with van der Waals surface area (Å²) in [6.45, 7) is 2.96. The molecule has 0 saturated heterocycles. The van der Waals surface area contributed by atoms with E-state index in [2.05, 4.69) is 39.6 Å². The molecule has 0 amide bonds. The molecule has 0 bridgehead atoms. The normalized spacial score (nSPS) is 12.5. The van der Waals surface area contributed by atoms with Crippen molar-refractivity contribution in [3.8, 4) is 5.69 Å². The number of aryl methyl sites for hydroxylation is 1. The Balaban J connectivity index is 1.63. The van der Waals surface area contributed by atoms with E-state index in [1.807, 2.05) is 36.3 Å². The summed E-state index contributed by atoms with van der Waals surface area (Å²) in [6.07, 6.45) is 7.13. The second-order valence-electron chi connectivity index (χ2n) is 5.06. The van der Waals surface area contributed by atoms with Gasteiger partial charge in [0.05, 0.1) is 11.9 Å². The zero-order chi connectivity index (χ0) is 14.7. The molecule has 108 valence electrons. The molecule has 1 atom stereocenters. The van der Waals surface area contributed by atoms with Crippen LogP contribution in [0, 0.1) is 0 Å². The number of benzene rings is 1. The Morgan fingerprint density at radius 1 is 1.19 bits per heavy atom. The van der Waals surface area contributed by atoms with Gasteiger partial charge in [-0.3, -0.25) is 4.68 Å². The van der Waals surface area contributed by atoms with Gasteiger partial charge in [0.25, 0.3) is 0 Å². The standard InChI is InChI=1S/C15H18N6/c1-12(17-7-13-8-18-20(2)9-13)14-3-5-15(6-4-14)21-11-16-10-19-21/h3-6,8-12,17H,7H2,1-2H3/t12-/m0/s1. The van der Waals surface area contributed by atoms with E-state index in [9.17, 15) is 0 Å². The summed E-state index contributed by atoms with van der Waals surface area (Å²) in [5.74, 6) is 0. The van der Waals surface area contributed by atoms with Gasteiger partial charge < -0.3 is 5.32 Å². The zero-order valence-electron chi connectivity index (χ0n) is 12.1. The largest absolute Gasteiger partial charge is 0.306 e. The van der Waals surface area contributed by atoms with Gasteiger partial charge in [0, 0.05) is 31.4 Å². The van der Waals surface area contributed by atoms with Gasteiger partial charge in [0.1, 0.15) is 12.7 Å². The maximum atomic E-state index is 4.17. The minimum Gasteiger partial charge on any atom is -0.306 e. The summed E-state index contributed by atoms with van der Waals surface area (Å²) >= 11 is 0. The van der Waals surface area contributed by atoms with Crippen LogP contribution in [-0.4, -0.2) is 24.5 Å². The van der Waals surface area contributed by atoms with Crippen molar-refractivity contribution >= 4 is 0 Å². The van der Waals surface area contributed by atoms with Crippen LogP contribution in [0.1, 0.15) is 24.1 Å². The van der Waals surface area contributed by atoms with Gasteiger partial charge in [-0.15, -0.1) is 0 Å². The van der Waals surface area contributed by atoms with Crippen LogP contribution in [0.5, 0.6) is 0 Å². The third kappa shape index (κ3) is 3.17. The third-order valence-corrected chi connectivity index (χ3v) is 3.45. The summed E-state index contributed by atoms with van der Waals surface area (Å²) in [5.41, 5.74) is 3.43. The number of hydrogen-bond donors (Lipinski definition) is 1. The third-order valence-electron chi connectivity index (χ3n) is 3.45. The Hall–Kier alpha value is -2.47. The molecule has 2 aromatic heterocycles. The molecule has 3 rings (SSSR count). The quantitative estimate of drug-likeness (QED) is 0.776. The molecule has 0 spiro atoms. The molecule has 6 heteroatoms. The van der Waals surface area contributed by atoms with Gasteiger partial charge in [-0.2, -0.15) is 10.2 Å². The summed E-state index contributed by atoms with van der Waals surface area (Å²) in [7, 11) is 1.93. The number of hydrogen-bond acceptors (Lipinski definition) is 4. The molecular formula is C15H18N6. The van der Waals surface area contributed by atoms with Crippen molar-refractivity contribution in [3.05, 3.63) is 60.4 Å². The average Bonchev–Trinajstić information content (AvgIpc) is 3.16. The van der Waals surface area contributed by atoms with Crippen molar-refractivity contribution < 1.29 is 0 Å². The van der Waals surface area contributed by atoms with Crippen LogP contribution >= 0.6 is 0 Å². The van der Waals surface area contributed by atoms with E-state index >= 15 is 0 Å². The van der Waals surface area contributed by atoms with Crippen molar-refractivity contribution in [2.24, 2.45) is 7.05 Å². The van der Waals surface area contributed by atoms with Gasteiger partial charge in [-0.25, -0.2) is 9.67 Å². The highest BCUT2D eigenvalue weighted by molar-refractivity contribution is 5.34. The van der Waals surface area contributed by atoms with Crippen molar-refractivity contribution in [2.45, 2.75) is 19.5 Å². The fourth-order valence-corrected chi connectivity index (χ4v) is 2.21. The molecule has 0 radical (unpaired) electrons. The van der Waals surface area contributed by atoms with E-state index in [-0.39, 0.29) is 6.04 Å². The summed E-state index contributed by atoms with van der Waals surface area (Å²) in [4.78, 5) is 3.95. The summed E-state index contributed by atoms with van der Waals surface area (Å²) < 4.78 is 3.56. The Labute approximate surface area is 123 Å². The second-order valence-corrected chi connectivity index (χ2v) is 5.06. The molecule has 21 heavy (non-hydrogen) atoms. The van der Waals surface area contributed by atoms with Crippen LogP contribution in [0.25, 0.3) is 5.69 Å². The molecule has 0 aliphatic carbocycles. The minimum atomic E-state index is 0.273. The molecule has 1 N–H and O–H groups in total. The van der Waals surface area contributed by atoms with Crippen LogP contribution in [0.4, 0.5) is 0 Å². The van der Waals surface area contributed by atoms with E-state index in [4.69, 9.17) is 0 Å². The molecule has 0 aliphatic heterocycles. The van der Waals surface area contributed by atoms with E-state index in [0.717, 1.165) is 12.2 Å². The first-order valence-electron chi connectivity index (χ1n) is 6.88. The van der Waals surface area contributed by atoms with Crippen molar-refractivity contribution in [3.63, 3.8) is 0 Å². The lowest BCUT2D eigenvalue weighted by atomic mass is 10.1. The Morgan fingerprint density at radius 2 is 2.00 bits per heavy atom. The predicted molar refractivity (Wildman–Crippen MR) is 79.8 cm³/mol. The SMILES string of the molecule is C[C@H](NCc1cnn(C)c1)c1ccc(-n2cncn2)cc1. The van der Waals surface area contributed by atoms with Gasteiger partial charge in [-0.05, 0) is 24.6 Å².